The van der Waals surface area contributed by atoms with Gasteiger partial charge >= 0.3 is 0 Å². The number of aromatic amines is 1. The van der Waals surface area contributed by atoms with Gasteiger partial charge in [0.25, 0.3) is 0 Å². The maximum Gasteiger partial charge on any atom is 0.239 e. The number of piperidine rings is 1. The summed E-state index contributed by atoms with van der Waals surface area (Å²) in [6.45, 7) is 2.60. The van der Waals surface area contributed by atoms with Crippen LogP contribution in [0.3, 0.4) is 0 Å². The van der Waals surface area contributed by atoms with Crippen LogP contribution in [-0.4, -0.2) is 48.7 Å². The van der Waals surface area contributed by atoms with Gasteiger partial charge in [0.2, 0.25) is 15.8 Å². The Bertz CT molecular complexity index is 948. The van der Waals surface area contributed by atoms with E-state index in [1.807, 2.05) is 6.07 Å². The number of rotatable bonds is 6. The molecule has 164 valence electrons. The van der Waals surface area contributed by atoms with E-state index in [1.165, 1.54) is 0 Å². The fourth-order valence-electron chi connectivity index (χ4n) is 5.07. The Morgan fingerprint density at radius 3 is 2.37 bits per heavy atom. The highest BCUT2D eigenvalue weighted by atomic mass is 32.2. The van der Waals surface area contributed by atoms with Crippen molar-refractivity contribution in [3.8, 4) is 11.4 Å². The number of hydrogen-bond donors (Lipinski definition) is 4. The number of tetrazole rings is 1. The summed E-state index contributed by atoms with van der Waals surface area (Å²) in [7, 11) is -3.97. The van der Waals surface area contributed by atoms with Crippen LogP contribution in [0.4, 0.5) is 0 Å². The molecule has 30 heavy (non-hydrogen) atoms. The Morgan fingerprint density at radius 1 is 1.03 bits per heavy atom. The van der Waals surface area contributed by atoms with Crippen molar-refractivity contribution >= 4 is 10.0 Å². The van der Waals surface area contributed by atoms with Crippen LogP contribution < -0.4 is 16.2 Å². The van der Waals surface area contributed by atoms with Gasteiger partial charge in [-0.25, -0.2) is 13.6 Å². The first-order chi connectivity index (χ1) is 14.5. The first-order valence-electron chi connectivity index (χ1n) is 10.8. The number of benzene rings is 1. The summed E-state index contributed by atoms with van der Waals surface area (Å²) >= 11 is 0. The molecule has 2 aliphatic rings. The van der Waals surface area contributed by atoms with Gasteiger partial charge in [0, 0.05) is 5.56 Å². The van der Waals surface area contributed by atoms with Crippen LogP contribution in [0, 0.1) is 11.8 Å². The molecule has 1 aliphatic carbocycles. The minimum absolute atomic E-state index is 0.167. The van der Waals surface area contributed by atoms with Crippen molar-refractivity contribution in [3.63, 3.8) is 0 Å². The number of H-pyrrole nitrogens is 1. The molecule has 1 saturated heterocycles. The number of primary sulfonamides is 1. The largest absolute Gasteiger partial charge is 0.330 e. The van der Waals surface area contributed by atoms with E-state index in [0.717, 1.165) is 62.7 Å². The summed E-state index contributed by atoms with van der Waals surface area (Å²) in [5.74, 6) is 1.49. The van der Waals surface area contributed by atoms with E-state index in [-0.39, 0.29) is 10.8 Å². The van der Waals surface area contributed by atoms with Crippen LogP contribution in [0.2, 0.25) is 0 Å². The average molecular weight is 434 g/mol. The Kier molecular flexibility index (Phi) is 6.47. The number of nitrogens with two attached hydrogens (primary N) is 2. The van der Waals surface area contributed by atoms with Crippen molar-refractivity contribution in [2.24, 2.45) is 22.7 Å². The number of nitrogens with zero attached hydrogens (tertiary/aromatic N) is 3. The van der Waals surface area contributed by atoms with Crippen LogP contribution in [-0.2, 0) is 16.4 Å². The Hall–Kier alpha value is -1.88. The van der Waals surface area contributed by atoms with Gasteiger partial charge in [0.1, 0.15) is 0 Å². The molecule has 0 radical (unpaired) electrons. The summed E-state index contributed by atoms with van der Waals surface area (Å²) in [6.07, 6.45) is 6.72. The van der Waals surface area contributed by atoms with Crippen molar-refractivity contribution < 1.29 is 8.42 Å². The molecule has 0 spiro atoms. The highest BCUT2D eigenvalue weighted by Gasteiger charge is 2.31. The van der Waals surface area contributed by atoms with Gasteiger partial charge < -0.3 is 11.1 Å². The molecule has 1 saturated carbocycles. The number of nitrogens with one attached hydrogen (secondary N) is 2. The fraction of sp³-hybridized carbons (Fsp3) is 0.650. The normalized spacial score (nSPS) is 23.5. The zero-order valence-corrected chi connectivity index (χ0v) is 18.0. The molecule has 0 atom stereocenters. The standard InChI is InChI=1S/C20H31N7O2S/c21-12-14-1-3-15(4-2-14)17-6-5-16(11-13-7-9-23-10-8-13)19(30(22,28)29)18(17)20-24-26-27-25-20/h5-6,13-15,23H,1-4,7-12,21H2,(H2,22,28,29)(H,24,25,26,27)/t14-,15-. The topological polar surface area (TPSA) is 153 Å². The molecule has 10 heteroatoms. The second kappa shape index (κ2) is 9.09. The van der Waals surface area contributed by atoms with Gasteiger partial charge in [-0.1, -0.05) is 12.1 Å². The van der Waals surface area contributed by atoms with Crippen molar-refractivity contribution in [1.82, 2.24) is 25.9 Å². The quantitative estimate of drug-likeness (QED) is 0.535. The maximum absolute atomic E-state index is 12.8. The third-order valence-electron chi connectivity index (χ3n) is 6.71. The van der Waals surface area contributed by atoms with Crippen molar-refractivity contribution in [3.05, 3.63) is 23.3 Å². The van der Waals surface area contributed by atoms with Crippen molar-refractivity contribution in [2.45, 2.75) is 55.8 Å². The third kappa shape index (κ3) is 4.56. The second-order valence-corrected chi connectivity index (χ2v) is 10.1. The molecule has 1 aliphatic heterocycles. The lowest BCUT2D eigenvalue weighted by molar-refractivity contribution is 0.332. The predicted molar refractivity (Wildman–Crippen MR) is 114 cm³/mol. The van der Waals surface area contributed by atoms with Crippen LogP contribution >= 0.6 is 0 Å². The molecule has 2 aromatic rings. The SMILES string of the molecule is NC[C@H]1CC[C@H](c2ccc(CC3CCNCC3)c(S(N)(=O)=O)c2-c2nn[nH]n2)CC1. The average Bonchev–Trinajstić information content (AvgIpc) is 3.28. The first-order valence-corrected chi connectivity index (χ1v) is 12.3. The molecule has 0 amide bonds. The molecule has 0 unspecified atom stereocenters. The number of hydrogen-bond acceptors (Lipinski definition) is 7. The Labute approximate surface area is 177 Å². The Balaban J connectivity index is 1.79. The van der Waals surface area contributed by atoms with Crippen LogP contribution in [0.5, 0.6) is 0 Å². The van der Waals surface area contributed by atoms with E-state index >= 15 is 0 Å². The van der Waals surface area contributed by atoms with Gasteiger partial charge in [0.15, 0.2) is 0 Å². The highest BCUT2D eigenvalue weighted by molar-refractivity contribution is 7.89. The molecular formula is C20H31N7O2S. The zero-order chi connectivity index (χ0) is 21.1. The smallest absolute Gasteiger partial charge is 0.239 e. The first kappa shape index (κ1) is 21.4. The monoisotopic (exact) mass is 433 g/mol. The number of sulfonamides is 1. The summed E-state index contributed by atoms with van der Waals surface area (Å²) < 4.78 is 25.6. The van der Waals surface area contributed by atoms with Crippen molar-refractivity contribution in [2.75, 3.05) is 19.6 Å². The van der Waals surface area contributed by atoms with Gasteiger partial charge in [-0.2, -0.15) is 5.21 Å². The van der Waals surface area contributed by atoms with Crippen LogP contribution in [0.1, 0.15) is 55.6 Å². The molecular weight excluding hydrogens is 402 g/mol. The fourth-order valence-corrected chi connectivity index (χ4v) is 6.08. The van der Waals surface area contributed by atoms with Crippen molar-refractivity contribution in [1.29, 1.82) is 0 Å². The third-order valence-corrected chi connectivity index (χ3v) is 7.75. The lowest BCUT2D eigenvalue weighted by atomic mass is 9.77. The minimum Gasteiger partial charge on any atom is -0.330 e. The highest BCUT2D eigenvalue weighted by Crippen LogP contribution is 2.42. The molecule has 2 fully saturated rings. The predicted octanol–water partition coefficient (Wildman–Crippen LogP) is 1.29. The van der Waals surface area contributed by atoms with E-state index in [0.29, 0.717) is 36.2 Å². The van der Waals surface area contributed by atoms with E-state index < -0.39 is 10.0 Å². The summed E-state index contributed by atoms with van der Waals surface area (Å²) in [6, 6.07) is 4.01. The molecule has 9 nitrogen and oxygen atoms in total. The van der Waals surface area contributed by atoms with Crippen LogP contribution in [0.25, 0.3) is 11.4 Å². The van der Waals surface area contributed by atoms with E-state index in [4.69, 9.17) is 10.9 Å². The van der Waals surface area contributed by atoms with Gasteiger partial charge in [-0.05, 0) is 98.7 Å². The maximum atomic E-state index is 12.8. The number of aromatic nitrogens is 4. The summed E-state index contributed by atoms with van der Waals surface area (Å²) in [5.41, 5.74) is 8.08. The summed E-state index contributed by atoms with van der Waals surface area (Å²) in [4.78, 5) is 0.167. The Morgan fingerprint density at radius 2 is 1.77 bits per heavy atom. The lowest BCUT2D eigenvalue weighted by Crippen LogP contribution is -2.29. The van der Waals surface area contributed by atoms with Crippen LogP contribution in [0.15, 0.2) is 17.0 Å². The molecule has 6 N–H and O–H groups in total. The van der Waals surface area contributed by atoms with Gasteiger partial charge in [-0.15, -0.1) is 10.2 Å². The molecule has 4 rings (SSSR count). The van der Waals surface area contributed by atoms with Gasteiger partial charge in [-0.3, -0.25) is 0 Å². The van der Waals surface area contributed by atoms with Gasteiger partial charge in [0.05, 0.1) is 4.90 Å². The lowest BCUT2D eigenvalue weighted by Gasteiger charge is -2.30. The summed E-state index contributed by atoms with van der Waals surface area (Å²) in [5, 5.41) is 23.5. The molecule has 1 aromatic carbocycles. The minimum atomic E-state index is -3.97. The molecule has 2 heterocycles. The van der Waals surface area contributed by atoms with E-state index in [2.05, 4.69) is 32.0 Å². The zero-order valence-electron chi connectivity index (χ0n) is 17.2. The van der Waals surface area contributed by atoms with E-state index in [9.17, 15) is 8.42 Å². The second-order valence-electron chi connectivity index (χ2n) is 8.65. The van der Waals surface area contributed by atoms with E-state index in [1.54, 1.807) is 0 Å². The molecule has 0 bridgehead atoms. The molecule has 1 aromatic heterocycles.